The molecule has 0 radical (unpaired) electrons. The molecule has 0 spiro atoms. The van der Waals surface area contributed by atoms with E-state index < -0.39 is 6.10 Å². The quantitative estimate of drug-likeness (QED) is 0.710. The van der Waals surface area contributed by atoms with Crippen molar-refractivity contribution >= 4 is 17.7 Å². The molecule has 3 nitrogen and oxygen atoms in total. The molecule has 2 aromatic carbocycles. The lowest BCUT2D eigenvalue weighted by atomic mass is 10.1. The first-order valence-corrected chi connectivity index (χ1v) is 9.76. The van der Waals surface area contributed by atoms with E-state index in [9.17, 15) is 4.79 Å². The molecule has 1 atom stereocenters. The van der Waals surface area contributed by atoms with E-state index >= 15 is 0 Å². The van der Waals surface area contributed by atoms with E-state index in [2.05, 4.69) is 43.4 Å². The van der Waals surface area contributed by atoms with Crippen LogP contribution in [0.2, 0.25) is 0 Å². The molecule has 25 heavy (non-hydrogen) atoms. The minimum Gasteiger partial charge on any atom is -0.481 e. The van der Waals surface area contributed by atoms with Gasteiger partial charge in [0.1, 0.15) is 5.75 Å². The van der Waals surface area contributed by atoms with E-state index in [0.717, 1.165) is 22.8 Å². The molecule has 0 heterocycles. The summed E-state index contributed by atoms with van der Waals surface area (Å²) in [6.07, 6.45) is -0.496. The fourth-order valence-electron chi connectivity index (χ4n) is 2.43. The summed E-state index contributed by atoms with van der Waals surface area (Å²) in [6.45, 7) is 8.63. The molecule has 1 N–H and O–H groups in total. The second kappa shape index (κ2) is 9.52. The number of benzene rings is 2. The summed E-state index contributed by atoms with van der Waals surface area (Å²) in [6, 6.07) is 14.4. The largest absolute Gasteiger partial charge is 0.481 e. The maximum atomic E-state index is 12.1. The van der Waals surface area contributed by atoms with Crippen LogP contribution in [0, 0.1) is 20.8 Å². The average molecular weight is 358 g/mol. The number of rotatable bonds is 8. The molecular formula is C21H27NO2S. The van der Waals surface area contributed by atoms with Crippen LogP contribution in [0.15, 0.2) is 42.5 Å². The average Bonchev–Trinajstić information content (AvgIpc) is 2.57. The van der Waals surface area contributed by atoms with Crippen molar-refractivity contribution in [2.24, 2.45) is 0 Å². The summed E-state index contributed by atoms with van der Waals surface area (Å²) in [4.78, 5) is 12.1. The third kappa shape index (κ3) is 6.46. The number of hydrogen-bond acceptors (Lipinski definition) is 3. The molecule has 2 aromatic rings. The van der Waals surface area contributed by atoms with Crippen molar-refractivity contribution in [2.45, 2.75) is 39.6 Å². The molecule has 134 valence electrons. The molecule has 1 amide bonds. The van der Waals surface area contributed by atoms with Gasteiger partial charge in [-0.3, -0.25) is 4.79 Å². The Morgan fingerprint density at radius 3 is 2.64 bits per heavy atom. The van der Waals surface area contributed by atoms with Gasteiger partial charge in [0.05, 0.1) is 0 Å². The third-order valence-corrected chi connectivity index (χ3v) is 5.09. The Balaban J connectivity index is 1.68. The van der Waals surface area contributed by atoms with E-state index in [1.165, 1.54) is 16.7 Å². The molecule has 4 heteroatoms. The van der Waals surface area contributed by atoms with Crippen LogP contribution in [0.3, 0.4) is 0 Å². The smallest absolute Gasteiger partial charge is 0.260 e. The molecule has 2 rings (SSSR count). The number of carbonyl (C=O) groups excluding carboxylic acids is 1. The van der Waals surface area contributed by atoms with Crippen molar-refractivity contribution in [1.29, 1.82) is 0 Å². The van der Waals surface area contributed by atoms with Gasteiger partial charge >= 0.3 is 0 Å². The van der Waals surface area contributed by atoms with Crippen LogP contribution in [-0.2, 0) is 10.5 Å². The standard InChI is InChI=1S/C21H27NO2S/c1-15-6-5-7-19(12-15)14-25-11-10-22-21(23)18(4)24-20-9-8-16(2)17(3)13-20/h5-9,12-13,18H,10-11,14H2,1-4H3,(H,22,23)/t18-/m0/s1. The maximum Gasteiger partial charge on any atom is 0.260 e. The summed E-state index contributed by atoms with van der Waals surface area (Å²) in [5.74, 6) is 2.51. The van der Waals surface area contributed by atoms with E-state index in [4.69, 9.17) is 4.74 Å². The fraction of sp³-hybridized carbons (Fsp3) is 0.381. The van der Waals surface area contributed by atoms with Gasteiger partial charge in [-0.25, -0.2) is 0 Å². The monoisotopic (exact) mass is 357 g/mol. The topological polar surface area (TPSA) is 38.3 Å². The molecule has 0 bridgehead atoms. The van der Waals surface area contributed by atoms with E-state index in [1.807, 2.05) is 36.9 Å². The Hall–Kier alpha value is -1.94. The second-order valence-corrected chi connectivity index (χ2v) is 7.44. The first-order chi connectivity index (χ1) is 12.0. The van der Waals surface area contributed by atoms with Gasteiger partial charge in [-0.1, -0.05) is 35.9 Å². The number of hydrogen-bond donors (Lipinski definition) is 1. The summed E-state index contributed by atoms with van der Waals surface area (Å²) in [5, 5.41) is 2.94. The van der Waals surface area contributed by atoms with Crippen LogP contribution in [-0.4, -0.2) is 24.3 Å². The van der Waals surface area contributed by atoms with Gasteiger partial charge in [0, 0.05) is 18.1 Å². The van der Waals surface area contributed by atoms with Crippen molar-refractivity contribution < 1.29 is 9.53 Å². The molecule has 0 saturated heterocycles. The molecular weight excluding hydrogens is 330 g/mol. The van der Waals surface area contributed by atoms with Gasteiger partial charge in [0.15, 0.2) is 6.10 Å². The van der Waals surface area contributed by atoms with Crippen LogP contribution in [0.4, 0.5) is 0 Å². The normalized spacial score (nSPS) is 11.8. The van der Waals surface area contributed by atoms with Crippen molar-refractivity contribution in [3.8, 4) is 5.75 Å². The summed E-state index contributed by atoms with van der Waals surface area (Å²) >= 11 is 1.82. The van der Waals surface area contributed by atoms with Gasteiger partial charge in [-0.05, 0) is 56.5 Å². The van der Waals surface area contributed by atoms with Crippen molar-refractivity contribution in [3.05, 3.63) is 64.7 Å². The number of amides is 1. The Bertz CT molecular complexity index is 715. The zero-order valence-corrected chi connectivity index (χ0v) is 16.3. The first-order valence-electron chi connectivity index (χ1n) is 8.60. The lowest BCUT2D eigenvalue weighted by molar-refractivity contribution is -0.127. The van der Waals surface area contributed by atoms with Crippen LogP contribution in [0.25, 0.3) is 0 Å². The number of aryl methyl sites for hydroxylation is 3. The van der Waals surface area contributed by atoms with Crippen molar-refractivity contribution in [1.82, 2.24) is 5.32 Å². The third-order valence-electron chi connectivity index (χ3n) is 4.06. The van der Waals surface area contributed by atoms with Gasteiger partial charge in [-0.2, -0.15) is 11.8 Å². The number of ether oxygens (including phenoxy) is 1. The molecule has 0 fully saturated rings. The van der Waals surface area contributed by atoms with E-state index in [0.29, 0.717) is 6.54 Å². The van der Waals surface area contributed by atoms with Gasteiger partial charge in [0.2, 0.25) is 0 Å². The molecule has 0 unspecified atom stereocenters. The summed E-state index contributed by atoms with van der Waals surface area (Å²) < 4.78 is 5.73. The summed E-state index contributed by atoms with van der Waals surface area (Å²) in [7, 11) is 0. The lowest BCUT2D eigenvalue weighted by Crippen LogP contribution is -2.37. The van der Waals surface area contributed by atoms with Crippen LogP contribution in [0.5, 0.6) is 5.75 Å². The first kappa shape index (κ1) is 19.4. The predicted octanol–water partition coefficient (Wildman–Crippen LogP) is 4.43. The predicted molar refractivity (Wildman–Crippen MR) is 106 cm³/mol. The minimum atomic E-state index is -0.496. The minimum absolute atomic E-state index is 0.0746. The van der Waals surface area contributed by atoms with Crippen LogP contribution >= 0.6 is 11.8 Å². The molecule has 0 aliphatic carbocycles. The second-order valence-electron chi connectivity index (χ2n) is 6.34. The highest BCUT2D eigenvalue weighted by Gasteiger charge is 2.14. The Morgan fingerprint density at radius 2 is 1.92 bits per heavy atom. The number of thioether (sulfide) groups is 1. The number of carbonyl (C=O) groups is 1. The Labute approximate surface area is 155 Å². The van der Waals surface area contributed by atoms with Gasteiger partial charge < -0.3 is 10.1 Å². The summed E-state index contributed by atoms with van der Waals surface area (Å²) in [5.41, 5.74) is 4.99. The molecule has 0 saturated carbocycles. The van der Waals surface area contributed by atoms with Crippen molar-refractivity contribution in [2.75, 3.05) is 12.3 Å². The molecule has 0 aromatic heterocycles. The zero-order valence-electron chi connectivity index (χ0n) is 15.5. The fourth-order valence-corrected chi connectivity index (χ4v) is 3.23. The highest BCUT2D eigenvalue weighted by molar-refractivity contribution is 7.98. The Morgan fingerprint density at radius 1 is 1.12 bits per heavy atom. The highest BCUT2D eigenvalue weighted by atomic mass is 32.2. The number of nitrogens with one attached hydrogen (secondary N) is 1. The molecule has 0 aliphatic rings. The van der Waals surface area contributed by atoms with Gasteiger partial charge in [0.25, 0.3) is 5.91 Å². The van der Waals surface area contributed by atoms with Gasteiger partial charge in [-0.15, -0.1) is 0 Å². The Kier molecular flexibility index (Phi) is 7.38. The molecule has 0 aliphatic heterocycles. The highest BCUT2D eigenvalue weighted by Crippen LogP contribution is 2.18. The van der Waals surface area contributed by atoms with Crippen molar-refractivity contribution in [3.63, 3.8) is 0 Å². The maximum absolute atomic E-state index is 12.1. The van der Waals surface area contributed by atoms with Crippen LogP contribution < -0.4 is 10.1 Å². The van der Waals surface area contributed by atoms with E-state index in [1.54, 1.807) is 6.92 Å². The SMILES string of the molecule is Cc1cccc(CSCCNC(=O)[C@H](C)Oc2ccc(C)c(C)c2)c1. The lowest BCUT2D eigenvalue weighted by Gasteiger charge is -2.15. The zero-order chi connectivity index (χ0) is 18.2. The van der Waals surface area contributed by atoms with E-state index in [-0.39, 0.29) is 5.91 Å². The van der Waals surface area contributed by atoms with Crippen LogP contribution in [0.1, 0.15) is 29.2 Å².